The highest BCUT2D eigenvalue weighted by atomic mass is 16.5. The second-order valence-electron chi connectivity index (χ2n) is 6.22. The molecule has 0 saturated carbocycles. The maximum Gasteiger partial charge on any atom is 0.253 e. The summed E-state index contributed by atoms with van der Waals surface area (Å²) in [5.74, 6) is 0.631. The number of para-hydroxylation sites is 1. The fourth-order valence-corrected chi connectivity index (χ4v) is 2.59. The summed E-state index contributed by atoms with van der Waals surface area (Å²) < 4.78 is 5.76. The van der Waals surface area contributed by atoms with E-state index in [1.165, 1.54) is 0 Å². The van der Waals surface area contributed by atoms with Crippen LogP contribution in [0.1, 0.15) is 28.4 Å². The van der Waals surface area contributed by atoms with Gasteiger partial charge < -0.3 is 9.64 Å². The van der Waals surface area contributed by atoms with Crippen LogP contribution in [0.3, 0.4) is 0 Å². The van der Waals surface area contributed by atoms with Crippen LogP contribution < -0.4 is 4.74 Å². The van der Waals surface area contributed by atoms with Crippen LogP contribution in [0, 0.1) is 11.3 Å². The zero-order valence-electron chi connectivity index (χ0n) is 15.6. The highest BCUT2D eigenvalue weighted by molar-refractivity contribution is 5.93. The van der Waals surface area contributed by atoms with Crippen molar-refractivity contribution in [2.75, 3.05) is 33.8 Å². The Labute approximate surface area is 155 Å². The SMILES string of the molecule is CCN(CCOc1ccccc1C#N)Cc1ccc(C(=O)N(C)C)cc1. The molecule has 2 aromatic rings. The number of rotatable bonds is 8. The molecule has 5 nitrogen and oxygen atoms in total. The second kappa shape index (κ2) is 9.59. The lowest BCUT2D eigenvalue weighted by Crippen LogP contribution is -2.28. The molecule has 2 aromatic carbocycles. The van der Waals surface area contributed by atoms with Gasteiger partial charge in [0.1, 0.15) is 18.4 Å². The number of nitrogens with zero attached hydrogens (tertiary/aromatic N) is 3. The number of carbonyl (C=O) groups is 1. The van der Waals surface area contributed by atoms with Gasteiger partial charge in [-0.3, -0.25) is 9.69 Å². The van der Waals surface area contributed by atoms with Gasteiger partial charge in [0.15, 0.2) is 0 Å². The summed E-state index contributed by atoms with van der Waals surface area (Å²) in [6.07, 6.45) is 0. The molecular weight excluding hydrogens is 326 g/mol. The quantitative estimate of drug-likeness (QED) is 0.733. The molecular formula is C21H25N3O2. The highest BCUT2D eigenvalue weighted by Gasteiger charge is 2.09. The number of amides is 1. The Hall–Kier alpha value is -2.84. The maximum absolute atomic E-state index is 11.9. The van der Waals surface area contributed by atoms with Crippen LogP contribution in [0.4, 0.5) is 0 Å². The molecule has 5 heteroatoms. The number of hydrogen-bond acceptors (Lipinski definition) is 4. The third-order valence-electron chi connectivity index (χ3n) is 4.13. The van der Waals surface area contributed by atoms with Gasteiger partial charge in [-0.25, -0.2) is 0 Å². The predicted octanol–water partition coefficient (Wildman–Crippen LogP) is 3.16. The Morgan fingerprint density at radius 3 is 2.42 bits per heavy atom. The van der Waals surface area contributed by atoms with Crippen LogP contribution >= 0.6 is 0 Å². The average molecular weight is 351 g/mol. The van der Waals surface area contributed by atoms with Crippen LogP contribution in [0.25, 0.3) is 0 Å². The van der Waals surface area contributed by atoms with E-state index < -0.39 is 0 Å². The summed E-state index contributed by atoms with van der Waals surface area (Å²) in [6, 6.07) is 17.1. The molecule has 0 fully saturated rings. The van der Waals surface area contributed by atoms with Crippen LogP contribution in [-0.2, 0) is 6.54 Å². The molecule has 0 N–H and O–H groups in total. The number of carbonyl (C=O) groups excluding carboxylic acids is 1. The van der Waals surface area contributed by atoms with Crippen molar-refractivity contribution in [2.45, 2.75) is 13.5 Å². The molecule has 136 valence electrons. The van der Waals surface area contributed by atoms with Crippen molar-refractivity contribution >= 4 is 5.91 Å². The van der Waals surface area contributed by atoms with Gasteiger partial charge in [0.2, 0.25) is 0 Å². The minimum absolute atomic E-state index is 0.00783. The zero-order chi connectivity index (χ0) is 18.9. The first kappa shape index (κ1) is 19.5. The molecule has 0 aliphatic carbocycles. The van der Waals surface area contributed by atoms with Crippen molar-refractivity contribution in [2.24, 2.45) is 0 Å². The topological polar surface area (TPSA) is 56.6 Å². The van der Waals surface area contributed by atoms with Gasteiger partial charge in [-0.15, -0.1) is 0 Å². The molecule has 0 bridgehead atoms. The van der Waals surface area contributed by atoms with E-state index >= 15 is 0 Å². The fourth-order valence-electron chi connectivity index (χ4n) is 2.59. The maximum atomic E-state index is 11.9. The smallest absolute Gasteiger partial charge is 0.253 e. The fraction of sp³-hybridized carbons (Fsp3) is 0.333. The van der Waals surface area contributed by atoms with Gasteiger partial charge in [-0.2, -0.15) is 5.26 Å². The summed E-state index contributed by atoms with van der Waals surface area (Å²) in [5.41, 5.74) is 2.40. The van der Waals surface area contributed by atoms with Crippen molar-refractivity contribution in [1.82, 2.24) is 9.80 Å². The van der Waals surface area contributed by atoms with Crippen molar-refractivity contribution < 1.29 is 9.53 Å². The Balaban J connectivity index is 1.89. The Morgan fingerprint density at radius 1 is 1.12 bits per heavy atom. The molecule has 0 saturated heterocycles. The first-order valence-electron chi connectivity index (χ1n) is 8.70. The molecule has 0 aromatic heterocycles. The number of nitriles is 1. The van der Waals surface area contributed by atoms with Gasteiger partial charge in [-0.05, 0) is 36.4 Å². The first-order valence-corrected chi connectivity index (χ1v) is 8.70. The molecule has 0 radical (unpaired) electrons. The lowest BCUT2D eigenvalue weighted by molar-refractivity contribution is 0.0827. The molecule has 1 amide bonds. The molecule has 0 aliphatic heterocycles. The summed E-state index contributed by atoms with van der Waals surface area (Å²) >= 11 is 0. The van der Waals surface area contributed by atoms with E-state index in [2.05, 4.69) is 17.9 Å². The third kappa shape index (κ3) is 5.33. The lowest BCUT2D eigenvalue weighted by Gasteiger charge is -2.21. The standard InChI is InChI=1S/C21H25N3O2/c1-4-24(13-14-26-20-8-6-5-7-19(20)15-22)16-17-9-11-18(12-10-17)21(25)23(2)3/h5-12H,4,13-14,16H2,1-3H3. The number of hydrogen-bond donors (Lipinski definition) is 0. The molecule has 0 spiro atoms. The summed E-state index contributed by atoms with van der Waals surface area (Å²) in [4.78, 5) is 15.8. The molecule has 0 aliphatic rings. The van der Waals surface area contributed by atoms with E-state index in [0.717, 1.165) is 25.2 Å². The van der Waals surface area contributed by atoms with Crippen LogP contribution in [-0.4, -0.2) is 49.5 Å². The second-order valence-corrected chi connectivity index (χ2v) is 6.22. The van der Waals surface area contributed by atoms with E-state index in [0.29, 0.717) is 23.5 Å². The molecule has 0 atom stereocenters. The minimum atomic E-state index is 0.00783. The largest absolute Gasteiger partial charge is 0.491 e. The summed E-state index contributed by atoms with van der Waals surface area (Å²) in [5, 5.41) is 9.10. The third-order valence-corrected chi connectivity index (χ3v) is 4.13. The van der Waals surface area contributed by atoms with Gasteiger partial charge in [-0.1, -0.05) is 31.2 Å². The van der Waals surface area contributed by atoms with Crippen molar-refractivity contribution in [3.63, 3.8) is 0 Å². The van der Waals surface area contributed by atoms with E-state index in [9.17, 15) is 4.79 Å². The first-order chi connectivity index (χ1) is 12.5. The van der Waals surface area contributed by atoms with Gasteiger partial charge in [0.05, 0.1) is 5.56 Å². The molecule has 26 heavy (non-hydrogen) atoms. The van der Waals surface area contributed by atoms with Crippen molar-refractivity contribution in [3.05, 3.63) is 65.2 Å². The Kier molecular flexibility index (Phi) is 7.19. The number of ether oxygens (including phenoxy) is 1. The van der Waals surface area contributed by atoms with Gasteiger partial charge in [0.25, 0.3) is 5.91 Å². The van der Waals surface area contributed by atoms with Crippen LogP contribution in [0.15, 0.2) is 48.5 Å². The van der Waals surface area contributed by atoms with Crippen molar-refractivity contribution in [3.8, 4) is 11.8 Å². The monoisotopic (exact) mass is 351 g/mol. The predicted molar refractivity (Wildman–Crippen MR) is 102 cm³/mol. The zero-order valence-corrected chi connectivity index (χ0v) is 15.6. The van der Waals surface area contributed by atoms with Crippen LogP contribution in [0.2, 0.25) is 0 Å². The highest BCUT2D eigenvalue weighted by Crippen LogP contribution is 2.16. The van der Waals surface area contributed by atoms with E-state index in [1.807, 2.05) is 42.5 Å². The molecule has 2 rings (SSSR count). The minimum Gasteiger partial charge on any atom is -0.491 e. The van der Waals surface area contributed by atoms with Crippen LogP contribution in [0.5, 0.6) is 5.75 Å². The summed E-state index contributed by atoms with van der Waals surface area (Å²) in [7, 11) is 3.50. The van der Waals surface area contributed by atoms with E-state index in [1.54, 1.807) is 25.1 Å². The lowest BCUT2D eigenvalue weighted by atomic mass is 10.1. The Morgan fingerprint density at radius 2 is 1.81 bits per heavy atom. The average Bonchev–Trinajstić information content (AvgIpc) is 2.67. The van der Waals surface area contributed by atoms with E-state index in [-0.39, 0.29) is 5.91 Å². The van der Waals surface area contributed by atoms with E-state index in [4.69, 9.17) is 10.00 Å². The molecule has 0 unspecified atom stereocenters. The van der Waals surface area contributed by atoms with Crippen molar-refractivity contribution in [1.29, 1.82) is 5.26 Å². The normalized spacial score (nSPS) is 10.4. The summed E-state index contributed by atoms with van der Waals surface area (Å²) in [6.45, 7) is 5.06. The number of benzene rings is 2. The Bertz CT molecular complexity index is 764. The van der Waals surface area contributed by atoms with Gasteiger partial charge >= 0.3 is 0 Å². The molecule has 0 heterocycles. The van der Waals surface area contributed by atoms with Gasteiger partial charge in [0, 0.05) is 32.7 Å². The number of likely N-dealkylation sites (N-methyl/N-ethyl adjacent to an activating group) is 1.